The van der Waals surface area contributed by atoms with Crippen molar-refractivity contribution in [3.63, 3.8) is 0 Å². The molecule has 0 radical (unpaired) electrons. The van der Waals surface area contributed by atoms with Crippen molar-refractivity contribution in [2.75, 3.05) is 0 Å². The maximum Gasteiger partial charge on any atom is 0.164 e. The molecule has 0 N–H and O–H groups in total. The van der Waals surface area contributed by atoms with Crippen molar-refractivity contribution in [1.82, 2.24) is 15.0 Å². The SMILES string of the molecule is C1=CC2=C(CC1)C(c1ccc3oc4ccccc4c3c1)(c1ccc3oc4ccccc4c3c1)c1cccc(-c3nc(-c4ccccc4)nc(-c4cccc(-c5ccccc5)c4)n3)c12. The summed E-state index contributed by atoms with van der Waals surface area (Å²) in [6.45, 7) is 0. The van der Waals surface area contributed by atoms with Crippen LogP contribution < -0.4 is 0 Å². The number of hydrogen-bond donors (Lipinski definition) is 0. The first-order valence-electron chi connectivity index (χ1n) is 21.6. The second-order valence-corrected chi connectivity index (χ2v) is 16.5. The smallest absolute Gasteiger partial charge is 0.164 e. The van der Waals surface area contributed by atoms with E-state index in [2.05, 4.69) is 164 Å². The lowest BCUT2D eigenvalue weighted by molar-refractivity contribution is 0.665. The second kappa shape index (κ2) is 13.9. The minimum Gasteiger partial charge on any atom is -0.456 e. The fourth-order valence-corrected chi connectivity index (χ4v) is 10.3. The minimum absolute atomic E-state index is 0.626. The van der Waals surface area contributed by atoms with Gasteiger partial charge in [0.25, 0.3) is 0 Å². The number of furan rings is 2. The molecule has 2 aliphatic rings. The van der Waals surface area contributed by atoms with Crippen molar-refractivity contribution in [3.05, 3.63) is 228 Å². The van der Waals surface area contributed by atoms with Crippen molar-refractivity contribution in [2.45, 2.75) is 18.3 Å². The van der Waals surface area contributed by atoms with E-state index in [9.17, 15) is 0 Å². The van der Waals surface area contributed by atoms with Gasteiger partial charge in [0, 0.05) is 38.2 Å². The monoisotopic (exact) mass is 807 g/mol. The number of fused-ring (bicyclic) bond motifs is 8. The standard InChI is InChI=1S/C58H37N3O2/c1-3-15-36(16-4-1)38-19-13-20-39(33-38)56-59-55(37-17-5-2-6-18-37)60-57(61-56)45-24-14-26-49-54(45)44-23-7-10-25-48(44)58(49,40-29-31-52-46(34-40)42-21-8-11-27-50(42)62-52)41-30-32-53-47(35-41)43-22-9-12-28-51(43)63-53/h1-9,11-24,26-35H,10,25H2. The van der Waals surface area contributed by atoms with Gasteiger partial charge in [-0.2, -0.15) is 0 Å². The third kappa shape index (κ3) is 5.46. The molecule has 0 amide bonds. The zero-order valence-corrected chi connectivity index (χ0v) is 34.1. The first kappa shape index (κ1) is 35.6. The molecule has 0 aliphatic heterocycles. The summed E-state index contributed by atoms with van der Waals surface area (Å²) in [5.74, 6) is 1.89. The van der Waals surface area contributed by atoms with Crippen LogP contribution in [0.3, 0.4) is 0 Å². The van der Waals surface area contributed by atoms with Gasteiger partial charge in [-0.25, -0.2) is 15.0 Å². The molecule has 0 saturated carbocycles. The number of para-hydroxylation sites is 2. The van der Waals surface area contributed by atoms with Gasteiger partial charge in [-0.1, -0.05) is 158 Å². The molecule has 0 spiro atoms. The van der Waals surface area contributed by atoms with E-state index in [4.69, 9.17) is 23.8 Å². The molecular weight excluding hydrogens is 771 g/mol. The summed E-state index contributed by atoms with van der Waals surface area (Å²) < 4.78 is 12.9. The molecule has 11 aromatic rings. The maximum atomic E-state index is 6.43. The quantitative estimate of drug-likeness (QED) is 0.167. The Bertz CT molecular complexity index is 3570. The van der Waals surface area contributed by atoms with E-state index in [1.807, 2.05) is 36.4 Å². The Hall–Kier alpha value is -8.15. The molecule has 63 heavy (non-hydrogen) atoms. The van der Waals surface area contributed by atoms with Crippen LogP contribution >= 0.6 is 0 Å². The normalized spacial score (nSPS) is 14.2. The van der Waals surface area contributed by atoms with Crippen molar-refractivity contribution in [3.8, 4) is 45.3 Å². The third-order valence-electron chi connectivity index (χ3n) is 13.1. The van der Waals surface area contributed by atoms with E-state index in [0.717, 1.165) is 90.1 Å². The van der Waals surface area contributed by atoms with Gasteiger partial charge in [0.05, 0.1) is 5.41 Å². The Morgan fingerprint density at radius 3 is 1.63 bits per heavy atom. The average molecular weight is 808 g/mol. The lowest BCUT2D eigenvalue weighted by Gasteiger charge is -2.36. The number of rotatable bonds is 6. The summed E-state index contributed by atoms with van der Waals surface area (Å²) in [5.41, 5.74) is 15.2. The van der Waals surface area contributed by atoms with Gasteiger partial charge in [-0.15, -0.1) is 0 Å². The van der Waals surface area contributed by atoms with Crippen molar-refractivity contribution in [2.24, 2.45) is 0 Å². The maximum absolute atomic E-state index is 6.43. The van der Waals surface area contributed by atoms with Gasteiger partial charge in [-0.05, 0) is 99.8 Å². The lowest BCUT2D eigenvalue weighted by Crippen LogP contribution is -2.30. The van der Waals surface area contributed by atoms with Crippen LogP contribution in [-0.4, -0.2) is 15.0 Å². The zero-order valence-electron chi connectivity index (χ0n) is 34.1. The molecule has 0 fully saturated rings. The molecule has 296 valence electrons. The van der Waals surface area contributed by atoms with Crippen LogP contribution in [0.1, 0.15) is 35.1 Å². The van der Waals surface area contributed by atoms with Crippen molar-refractivity contribution in [1.29, 1.82) is 0 Å². The van der Waals surface area contributed by atoms with Crippen LogP contribution in [0, 0.1) is 0 Å². The largest absolute Gasteiger partial charge is 0.456 e. The molecule has 0 unspecified atom stereocenters. The molecule has 3 aromatic heterocycles. The molecule has 2 aliphatic carbocycles. The second-order valence-electron chi connectivity index (χ2n) is 16.5. The highest BCUT2D eigenvalue weighted by atomic mass is 16.3. The Morgan fingerprint density at radius 2 is 0.952 bits per heavy atom. The molecule has 13 rings (SSSR count). The predicted molar refractivity (Wildman–Crippen MR) is 254 cm³/mol. The number of hydrogen-bond acceptors (Lipinski definition) is 5. The number of nitrogens with zero attached hydrogens (tertiary/aromatic N) is 3. The highest BCUT2D eigenvalue weighted by Gasteiger charge is 2.49. The number of allylic oxidation sites excluding steroid dienone is 4. The molecule has 0 saturated heterocycles. The van der Waals surface area contributed by atoms with Crippen LogP contribution in [0.5, 0.6) is 0 Å². The van der Waals surface area contributed by atoms with E-state index < -0.39 is 5.41 Å². The van der Waals surface area contributed by atoms with Gasteiger partial charge >= 0.3 is 0 Å². The van der Waals surface area contributed by atoms with Gasteiger partial charge in [-0.3, -0.25) is 0 Å². The summed E-state index contributed by atoms with van der Waals surface area (Å²) in [4.78, 5) is 15.9. The van der Waals surface area contributed by atoms with E-state index in [1.165, 1.54) is 27.8 Å². The van der Waals surface area contributed by atoms with Gasteiger partial charge in [0.15, 0.2) is 17.5 Å². The first-order chi connectivity index (χ1) is 31.2. The van der Waals surface area contributed by atoms with Crippen molar-refractivity contribution < 1.29 is 8.83 Å². The Labute approximate surface area is 363 Å². The van der Waals surface area contributed by atoms with E-state index >= 15 is 0 Å². The minimum atomic E-state index is -0.660. The molecule has 3 heterocycles. The average Bonchev–Trinajstić information content (AvgIpc) is 4.02. The number of aromatic nitrogens is 3. The first-order valence-corrected chi connectivity index (χ1v) is 21.6. The fourth-order valence-electron chi connectivity index (χ4n) is 10.3. The van der Waals surface area contributed by atoms with Crippen LogP contribution in [0.25, 0.3) is 94.7 Å². The summed E-state index contributed by atoms with van der Waals surface area (Å²) in [6.07, 6.45) is 6.48. The highest BCUT2D eigenvalue weighted by Crippen LogP contribution is 2.59. The van der Waals surface area contributed by atoms with Gasteiger partial charge in [0.1, 0.15) is 22.3 Å². The van der Waals surface area contributed by atoms with Crippen LogP contribution in [0.4, 0.5) is 0 Å². The summed E-state index contributed by atoms with van der Waals surface area (Å²) in [7, 11) is 0. The molecule has 5 heteroatoms. The Kier molecular flexibility index (Phi) is 7.88. The molecule has 5 nitrogen and oxygen atoms in total. The van der Waals surface area contributed by atoms with Crippen LogP contribution in [-0.2, 0) is 5.41 Å². The summed E-state index contributed by atoms with van der Waals surface area (Å²) in [6, 6.07) is 66.2. The summed E-state index contributed by atoms with van der Waals surface area (Å²) in [5, 5.41) is 4.41. The Morgan fingerprint density at radius 1 is 0.413 bits per heavy atom. The van der Waals surface area contributed by atoms with Gasteiger partial charge in [0.2, 0.25) is 0 Å². The van der Waals surface area contributed by atoms with E-state index in [-0.39, 0.29) is 0 Å². The van der Waals surface area contributed by atoms with Crippen LogP contribution in [0.2, 0.25) is 0 Å². The molecular formula is C58H37N3O2. The third-order valence-corrected chi connectivity index (χ3v) is 13.1. The van der Waals surface area contributed by atoms with Crippen LogP contribution in [0.15, 0.2) is 215 Å². The molecule has 0 atom stereocenters. The summed E-state index contributed by atoms with van der Waals surface area (Å²) >= 11 is 0. The molecule has 0 bridgehead atoms. The van der Waals surface area contributed by atoms with Gasteiger partial charge < -0.3 is 8.83 Å². The highest BCUT2D eigenvalue weighted by molar-refractivity contribution is 6.07. The fraction of sp³-hybridized carbons (Fsp3) is 0.0517. The topological polar surface area (TPSA) is 65.0 Å². The Balaban J connectivity index is 1.10. The van der Waals surface area contributed by atoms with E-state index in [1.54, 1.807) is 0 Å². The zero-order chi connectivity index (χ0) is 41.5. The van der Waals surface area contributed by atoms with Crippen molar-refractivity contribution >= 4 is 49.5 Å². The predicted octanol–water partition coefficient (Wildman–Crippen LogP) is 14.8. The number of benzene rings is 8. The van der Waals surface area contributed by atoms with E-state index in [0.29, 0.717) is 17.5 Å². The molecule has 8 aromatic carbocycles. The lowest BCUT2D eigenvalue weighted by atomic mass is 9.65.